The molecule has 4 rings (SSSR count). The molecule has 4 nitrogen and oxygen atoms in total. The van der Waals surface area contributed by atoms with Crippen molar-refractivity contribution in [2.75, 3.05) is 0 Å². The molecule has 0 radical (unpaired) electrons. The van der Waals surface area contributed by atoms with Gasteiger partial charge in [0.05, 0.1) is 24.2 Å². The minimum Gasteiger partial charge on any atom is -0.389 e. The number of aliphatic hydroxyl groups excluding tert-OH is 1. The lowest BCUT2D eigenvalue weighted by molar-refractivity contribution is -0.115. The number of rotatable bonds is 1. The van der Waals surface area contributed by atoms with Crippen molar-refractivity contribution >= 4 is 5.78 Å². The van der Waals surface area contributed by atoms with E-state index in [9.17, 15) is 15.0 Å². The lowest BCUT2D eigenvalue weighted by Crippen LogP contribution is -2.53. The first-order chi connectivity index (χ1) is 11.4. The third-order valence-electron chi connectivity index (χ3n) is 7.40. The molecule has 2 fully saturated rings. The molecule has 0 bridgehead atoms. The van der Waals surface area contributed by atoms with Crippen LogP contribution in [-0.4, -0.2) is 27.7 Å². The number of nitriles is 1. The van der Waals surface area contributed by atoms with Gasteiger partial charge in [0.15, 0.2) is 5.78 Å². The van der Waals surface area contributed by atoms with Crippen LogP contribution >= 0.6 is 0 Å². The Morgan fingerprint density at radius 2 is 2.12 bits per heavy atom. The number of hydrogen-bond acceptors (Lipinski definition) is 4. The molecule has 0 aromatic heterocycles. The molecule has 0 amide bonds. The molecular weight excluding hydrogens is 302 g/mol. The highest BCUT2D eigenvalue weighted by molar-refractivity contribution is 5.93. The maximum Gasteiger partial charge on any atom is 0.156 e. The summed E-state index contributed by atoms with van der Waals surface area (Å²) in [5.41, 5.74) is 2.11. The van der Waals surface area contributed by atoms with E-state index in [0.717, 1.165) is 36.8 Å². The van der Waals surface area contributed by atoms with Crippen LogP contribution in [0.25, 0.3) is 0 Å². The first-order valence-corrected chi connectivity index (χ1v) is 9.14. The summed E-state index contributed by atoms with van der Waals surface area (Å²) < 4.78 is 0. The number of aliphatic hydroxyl groups is 2. The highest BCUT2D eigenvalue weighted by atomic mass is 16.3. The topological polar surface area (TPSA) is 81.3 Å². The Morgan fingerprint density at radius 1 is 1.33 bits per heavy atom. The maximum atomic E-state index is 11.7. The van der Waals surface area contributed by atoms with E-state index in [2.05, 4.69) is 13.0 Å². The number of nitrogens with zero attached hydrogens (tertiary/aromatic N) is 1. The van der Waals surface area contributed by atoms with Crippen molar-refractivity contribution in [1.82, 2.24) is 0 Å². The smallest absolute Gasteiger partial charge is 0.156 e. The maximum absolute atomic E-state index is 11.7. The van der Waals surface area contributed by atoms with Crippen molar-refractivity contribution < 1.29 is 15.0 Å². The molecule has 0 aromatic rings. The molecule has 4 aliphatic carbocycles. The Hall–Kier alpha value is -1.44. The number of hydrogen-bond donors (Lipinski definition) is 2. The van der Waals surface area contributed by atoms with E-state index in [1.807, 2.05) is 0 Å². The lowest BCUT2D eigenvalue weighted by Gasteiger charge is -2.53. The van der Waals surface area contributed by atoms with Gasteiger partial charge in [0.25, 0.3) is 0 Å². The first kappa shape index (κ1) is 16.1. The van der Waals surface area contributed by atoms with Crippen LogP contribution in [0.1, 0.15) is 58.3 Å². The molecule has 24 heavy (non-hydrogen) atoms. The highest BCUT2D eigenvalue weighted by Gasteiger charge is 2.62. The van der Waals surface area contributed by atoms with Gasteiger partial charge in [-0.1, -0.05) is 6.92 Å². The van der Waals surface area contributed by atoms with Gasteiger partial charge >= 0.3 is 0 Å². The predicted octanol–water partition coefficient (Wildman–Crippen LogP) is 2.81. The van der Waals surface area contributed by atoms with Crippen molar-refractivity contribution in [3.05, 3.63) is 22.8 Å². The molecule has 4 aliphatic rings. The quantitative estimate of drug-likeness (QED) is 0.776. The lowest BCUT2D eigenvalue weighted by atomic mass is 9.54. The van der Waals surface area contributed by atoms with Crippen LogP contribution in [0.5, 0.6) is 0 Å². The summed E-state index contributed by atoms with van der Waals surface area (Å²) in [5.74, 6) is 0.806. The number of carbonyl (C=O) groups is 1. The largest absolute Gasteiger partial charge is 0.389 e. The van der Waals surface area contributed by atoms with Gasteiger partial charge in [-0.05, 0) is 73.2 Å². The Morgan fingerprint density at radius 3 is 2.88 bits per heavy atom. The normalized spacial score (nSPS) is 44.3. The molecule has 4 heteroatoms. The van der Waals surface area contributed by atoms with Crippen LogP contribution in [0.3, 0.4) is 0 Å². The van der Waals surface area contributed by atoms with Gasteiger partial charge in [-0.25, -0.2) is 0 Å². The third kappa shape index (κ3) is 2.01. The molecule has 0 saturated heterocycles. The Kier molecular flexibility index (Phi) is 3.53. The van der Waals surface area contributed by atoms with Crippen LogP contribution in [0.4, 0.5) is 0 Å². The van der Waals surface area contributed by atoms with Crippen molar-refractivity contribution in [3.8, 4) is 6.07 Å². The van der Waals surface area contributed by atoms with Gasteiger partial charge < -0.3 is 10.2 Å². The van der Waals surface area contributed by atoms with Crippen LogP contribution < -0.4 is 0 Å². The summed E-state index contributed by atoms with van der Waals surface area (Å²) >= 11 is 0. The average molecular weight is 327 g/mol. The molecule has 2 N–H and O–H groups in total. The molecule has 0 heterocycles. The Labute approximate surface area is 142 Å². The molecule has 5 atom stereocenters. The average Bonchev–Trinajstić information content (AvgIpc) is 2.78. The van der Waals surface area contributed by atoms with Crippen LogP contribution in [0.15, 0.2) is 22.8 Å². The van der Waals surface area contributed by atoms with Gasteiger partial charge in [0.1, 0.15) is 0 Å². The van der Waals surface area contributed by atoms with Crippen LogP contribution in [-0.2, 0) is 4.79 Å². The SMILES string of the molecule is C[C@]12CC(O)C3=C4CCC(=O)C=C4CC[C@H]3[C@@H]1CC[C@@]2(O)CC#N. The summed E-state index contributed by atoms with van der Waals surface area (Å²) in [6.45, 7) is 2.07. The van der Waals surface area contributed by atoms with Crippen molar-refractivity contribution in [3.63, 3.8) is 0 Å². The monoisotopic (exact) mass is 327 g/mol. The molecule has 1 unspecified atom stereocenters. The molecule has 0 aromatic carbocycles. The second kappa shape index (κ2) is 5.28. The second-order valence-electron chi connectivity index (χ2n) is 8.36. The molecule has 128 valence electrons. The standard InChI is InChI=1S/C20H25NO3/c1-19-11-17(23)18-14-5-3-13(22)10-12(14)2-4-15(18)16(19)6-7-20(19,24)8-9-21/h10,15-17,23-24H,2-8,11H2,1H3/t15-,16-,17?,19-,20+/m0/s1. The number of allylic oxidation sites excluding steroid dienone is 3. The molecule has 0 aliphatic heterocycles. The van der Waals surface area contributed by atoms with Gasteiger partial charge in [-0.15, -0.1) is 0 Å². The Balaban J connectivity index is 1.77. The molecule has 2 saturated carbocycles. The molecular formula is C20H25NO3. The van der Waals surface area contributed by atoms with Crippen molar-refractivity contribution in [2.24, 2.45) is 17.3 Å². The zero-order valence-electron chi connectivity index (χ0n) is 14.2. The van der Waals surface area contributed by atoms with Crippen molar-refractivity contribution in [2.45, 2.75) is 70.0 Å². The van der Waals surface area contributed by atoms with Gasteiger partial charge in [-0.3, -0.25) is 4.79 Å². The van der Waals surface area contributed by atoms with Gasteiger partial charge in [-0.2, -0.15) is 5.26 Å². The summed E-state index contributed by atoms with van der Waals surface area (Å²) in [4.78, 5) is 11.7. The van der Waals surface area contributed by atoms with E-state index in [-0.39, 0.29) is 18.1 Å². The molecule has 0 spiro atoms. The summed E-state index contributed by atoms with van der Waals surface area (Å²) in [6, 6.07) is 2.16. The van der Waals surface area contributed by atoms with Crippen LogP contribution in [0, 0.1) is 28.6 Å². The van der Waals surface area contributed by atoms with E-state index in [1.54, 1.807) is 6.08 Å². The fraction of sp³-hybridized carbons (Fsp3) is 0.700. The summed E-state index contributed by atoms with van der Waals surface area (Å²) in [7, 11) is 0. The third-order valence-corrected chi connectivity index (χ3v) is 7.40. The number of fused-ring (bicyclic) bond motifs is 4. The Bertz CT molecular complexity index is 700. The fourth-order valence-electron chi connectivity index (χ4n) is 6.13. The van der Waals surface area contributed by atoms with Crippen LogP contribution in [0.2, 0.25) is 0 Å². The summed E-state index contributed by atoms with van der Waals surface area (Å²) in [5, 5.41) is 31.2. The minimum atomic E-state index is -0.984. The van der Waals surface area contributed by atoms with E-state index >= 15 is 0 Å². The second-order valence-corrected chi connectivity index (χ2v) is 8.36. The zero-order valence-corrected chi connectivity index (χ0v) is 14.2. The predicted molar refractivity (Wildman–Crippen MR) is 88.7 cm³/mol. The van der Waals surface area contributed by atoms with E-state index < -0.39 is 17.1 Å². The summed E-state index contributed by atoms with van der Waals surface area (Å²) in [6.07, 6.45) is 6.58. The zero-order chi connectivity index (χ0) is 17.1. The van der Waals surface area contributed by atoms with Gasteiger partial charge in [0, 0.05) is 11.8 Å². The van der Waals surface area contributed by atoms with E-state index in [4.69, 9.17) is 5.26 Å². The number of carbonyl (C=O) groups excluding carboxylic acids is 1. The fourth-order valence-corrected chi connectivity index (χ4v) is 6.13. The van der Waals surface area contributed by atoms with E-state index in [0.29, 0.717) is 25.2 Å². The minimum absolute atomic E-state index is 0.144. The first-order valence-electron chi connectivity index (χ1n) is 9.14. The van der Waals surface area contributed by atoms with Crippen molar-refractivity contribution in [1.29, 1.82) is 5.26 Å². The van der Waals surface area contributed by atoms with E-state index in [1.165, 1.54) is 5.57 Å². The number of ketones is 1. The van der Waals surface area contributed by atoms with Gasteiger partial charge in [0.2, 0.25) is 0 Å². The highest BCUT2D eigenvalue weighted by Crippen LogP contribution is 2.64.